The molecule has 4 heteroatoms. The first-order valence-electron chi connectivity index (χ1n) is 3.59. The summed E-state index contributed by atoms with van der Waals surface area (Å²) in [4.78, 5) is 28.7. The van der Waals surface area contributed by atoms with Gasteiger partial charge in [-0.25, -0.2) is 14.4 Å². The Morgan fingerprint density at radius 1 is 1.08 bits per heavy atom. The Balaban J connectivity index is 0.000000293. The maximum Gasteiger partial charge on any atom is 0.133 e. The van der Waals surface area contributed by atoms with Crippen molar-refractivity contribution in [2.45, 2.75) is 6.42 Å². The number of carbonyl (C=O) groups excluding carboxylic acids is 3. The first kappa shape index (κ1) is 11.3. The molecule has 0 saturated carbocycles. The Hall–Kier alpha value is -1.69. The molecule has 0 N–H and O–H groups in total. The third-order valence-electron chi connectivity index (χ3n) is 1.12. The number of ether oxygens (including phenoxy) is 1. The summed E-state index contributed by atoms with van der Waals surface area (Å²) in [6, 6.07) is 0. The van der Waals surface area contributed by atoms with Gasteiger partial charge in [0.1, 0.15) is 17.8 Å². The van der Waals surface area contributed by atoms with Gasteiger partial charge in [0, 0.05) is 25.4 Å². The highest BCUT2D eigenvalue weighted by Gasteiger charge is 1.94. The molecule has 4 nitrogen and oxygen atoms in total. The van der Waals surface area contributed by atoms with Gasteiger partial charge in [-0.3, -0.25) is 0 Å². The van der Waals surface area contributed by atoms with Gasteiger partial charge in [0.2, 0.25) is 0 Å². The maximum atomic E-state index is 9.70. The molecule has 1 aliphatic rings. The molecule has 1 aliphatic heterocycles. The molecule has 1 saturated heterocycles. The zero-order chi connectivity index (χ0) is 9.94. The third-order valence-corrected chi connectivity index (χ3v) is 1.12. The second-order valence-corrected chi connectivity index (χ2v) is 2.05. The van der Waals surface area contributed by atoms with E-state index in [-0.39, 0.29) is 5.57 Å². The Morgan fingerprint density at radius 3 is 1.62 bits per heavy atom. The minimum absolute atomic E-state index is 0.153. The van der Waals surface area contributed by atoms with Crippen LogP contribution in [-0.4, -0.2) is 31.0 Å². The van der Waals surface area contributed by atoms with Gasteiger partial charge in [0.25, 0.3) is 0 Å². The lowest BCUT2D eigenvalue weighted by Crippen LogP contribution is -2.09. The van der Waals surface area contributed by atoms with Gasteiger partial charge < -0.3 is 4.74 Å². The molecule has 0 aliphatic carbocycles. The van der Waals surface area contributed by atoms with E-state index in [2.05, 4.69) is 0 Å². The molecule has 0 aromatic carbocycles. The van der Waals surface area contributed by atoms with Gasteiger partial charge in [-0.1, -0.05) is 0 Å². The minimum Gasteiger partial charge on any atom is -0.381 e. The molecule has 0 bridgehead atoms. The van der Waals surface area contributed by atoms with Crippen molar-refractivity contribution < 1.29 is 19.1 Å². The summed E-state index contributed by atoms with van der Waals surface area (Å²) in [5, 5.41) is 0. The lowest BCUT2D eigenvalue weighted by atomic mass is 10.3. The summed E-state index contributed by atoms with van der Waals surface area (Å²) in [6.45, 7) is 2.00. The van der Waals surface area contributed by atoms with E-state index in [1.165, 1.54) is 24.2 Å². The van der Waals surface area contributed by atoms with Gasteiger partial charge in [0.15, 0.2) is 0 Å². The molecule has 0 amide bonds. The molecule has 1 fully saturated rings. The van der Waals surface area contributed by atoms with Crippen LogP contribution in [0.1, 0.15) is 6.42 Å². The fourth-order valence-corrected chi connectivity index (χ4v) is 0.372. The summed E-state index contributed by atoms with van der Waals surface area (Å²) < 4.78 is 4.72. The lowest BCUT2D eigenvalue weighted by Gasteiger charge is -2.09. The Bertz CT molecular complexity index is 259. The van der Waals surface area contributed by atoms with E-state index in [0.717, 1.165) is 25.4 Å². The van der Waals surface area contributed by atoms with Crippen LogP contribution in [0.5, 0.6) is 0 Å². The molecule has 0 atom stereocenters. The average Bonchev–Trinajstić information content (AvgIpc) is 2.01. The first-order chi connectivity index (χ1) is 6.35. The monoisotopic (exact) mass is 180 g/mol. The fourth-order valence-electron chi connectivity index (χ4n) is 0.372. The zero-order valence-electron chi connectivity index (χ0n) is 6.91. The molecule has 13 heavy (non-hydrogen) atoms. The van der Waals surface area contributed by atoms with Crippen LogP contribution in [0.15, 0.2) is 17.7 Å². The second-order valence-electron chi connectivity index (χ2n) is 2.05. The Kier molecular flexibility index (Phi) is 7.31. The highest BCUT2D eigenvalue weighted by Crippen LogP contribution is 1.93. The van der Waals surface area contributed by atoms with Crippen molar-refractivity contribution in [1.29, 1.82) is 0 Å². The van der Waals surface area contributed by atoms with Gasteiger partial charge in [0.05, 0.1) is 5.57 Å². The molecule has 0 radical (unpaired) electrons. The van der Waals surface area contributed by atoms with E-state index in [0.29, 0.717) is 0 Å². The molecule has 0 aromatic heterocycles. The van der Waals surface area contributed by atoms with Crippen molar-refractivity contribution in [3.63, 3.8) is 0 Å². The summed E-state index contributed by atoms with van der Waals surface area (Å²) in [6.07, 6.45) is 2.88. The van der Waals surface area contributed by atoms with Crippen LogP contribution < -0.4 is 0 Å². The van der Waals surface area contributed by atoms with E-state index < -0.39 is 0 Å². The summed E-state index contributed by atoms with van der Waals surface area (Å²) in [5.41, 5.74) is -0.153. The molecule has 1 heterocycles. The topological polar surface area (TPSA) is 60.4 Å². The van der Waals surface area contributed by atoms with Crippen LogP contribution in [0.3, 0.4) is 0 Å². The van der Waals surface area contributed by atoms with Crippen LogP contribution >= 0.6 is 0 Å². The molecular formula is C9H8O4. The van der Waals surface area contributed by atoms with Crippen LogP contribution in [0.4, 0.5) is 0 Å². The quantitative estimate of drug-likeness (QED) is 0.440. The second kappa shape index (κ2) is 8.41. The van der Waals surface area contributed by atoms with Crippen LogP contribution in [0.25, 0.3) is 0 Å². The van der Waals surface area contributed by atoms with Gasteiger partial charge in [-0.15, -0.1) is 0 Å². The molecular weight excluding hydrogens is 172 g/mol. The van der Waals surface area contributed by atoms with Crippen molar-refractivity contribution >= 4 is 17.8 Å². The molecule has 0 unspecified atom stereocenters. The van der Waals surface area contributed by atoms with Gasteiger partial charge >= 0.3 is 0 Å². The lowest BCUT2D eigenvalue weighted by molar-refractivity contribution is 0.0367. The van der Waals surface area contributed by atoms with E-state index in [1.54, 1.807) is 0 Å². The molecule has 68 valence electrons. The summed E-state index contributed by atoms with van der Waals surface area (Å²) >= 11 is 0. The standard InChI is InChI=1S/C6H2O3.C3H6O/c7-3-1-6(5-9)2-4-8;1-2-4-3-1/h1-2H;1-3H2. The van der Waals surface area contributed by atoms with E-state index >= 15 is 0 Å². The van der Waals surface area contributed by atoms with Gasteiger partial charge in [-0.05, 0) is 6.42 Å². The van der Waals surface area contributed by atoms with Crippen molar-refractivity contribution in [3.05, 3.63) is 17.7 Å². The molecule has 0 aromatic rings. The smallest absolute Gasteiger partial charge is 0.133 e. The highest BCUT2D eigenvalue weighted by molar-refractivity contribution is 5.73. The number of hydrogen-bond acceptors (Lipinski definition) is 4. The SMILES string of the molecule is C1COC1.O=C=CC(=C=O)C=C=O. The normalized spacial score (nSPS) is 11.4. The Morgan fingerprint density at radius 2 is 1.46 bits per heavy atom. The van der Waals surface area contributed by atoms with Crippen molar-refractivity contribution in [1.82, 2.24) is 0 Å². The van der Waals surface area contributed by atoms with Crippen molar-refractivity contribution in [2.75, 3.05) is 13.2 Å². The summed E-state index contributed by atoms with van der Waals surface area (Å²) in [7, 11) is 0. The van der Waals surface area contributed by atoms with Gasteiger partial charge in [-0.2, -0.15) is 0 Å². The maximum absolute atomic E-state index is 9.70. The zero-order valence-corrected chi connectivity index (χ0v) is 6.91. The fraction of sp³-hybridized carbons (Fsp3) is 0.333. The number of hydrogen-bond donors (Lipinski definition) is 0. The van der Waals surface area contributed by atoms with Crippen molar-refractivity contribution in [2.24, 2.45) is 0 Å². The third kappa shape index (κ3) is 6.70. The predicted octanol–water partition coefficient (Wildman–Crippen LogP) is -0.0733. The van der Waals surface area contributed by atoms with Crippen LogP contribution in [0.2, 0.25) is 0 Å². The van der Waals surface area contributed by atoms with Crippen molar-refractivity contribution in [3.8, 4) is 0 Å². The van der Waals surface area contributed by atoms with E-state index in [4.69, 9.17) is 4.74 Å². The number of rotatable bonds is 2. The highest BCUT2D eigenvalue weighted by atomic mass is 16.5. The number of allylic oxidation sites excluding steroid dienone is 3. The van der Waals surface area contributed by atoms with Crippen LogP contribution in [0, 0.1) is 0 Å². The Labute approximate surface area is 75.2 Å². The minimum atomic E-state index is -0.153. The molecule has 0 spiro atoms. The molecule has 1 rings (SSSR count). The van der Waals surface area contributed by atoms with E-state index in [1.807, 2.05) is 0 Å². The van der Waals surface area contributed by atoms with E-state index in [9.17, 15) is 14.4 Å². The largest absolute Gasteiger partial charge is 0.381 e. The van der Waals surface area contributed by atoms with Crippen LogP contribution in [-0.2, 0) is 19.1 Å². The predicted molar refractivity (Wildman–Crippen MR) is 45.2 cm³/mol. The average molecular weight is 180 g/mol. The summed E-state index contributed by atoms with van der Waals surface area (Å²) in [5.74, 6) is 3.97. The first-order valence-corrected chi connectivity index (χ1v) is 3.59.